The SMILES string of the molecule is CCOC(=O)N1CCN(C(=O)NCCN2CCOCC2)CC1. The minimum Gasteiger partial charge on any atom is -0.450 e. The summed E-state index contributed by atoms with van der Waals surface area (Å²) in [6.45, 7) is 9.16. The third-order valence-corrected chi connectivity index (χ3v) is 3.90. The zero-order chi connectivity index (χ0) is 15.8. The maximum atomic E-state index is 12.1. The number of amides is 3. The van der Waals surface area contributed by atoms with Crippen LogP contribution in [0.1, 0.15) is 6.92 Å². The predicted molar refractivity (Wildman–Crippen MR) is 80.8 cm³/mol. The first-order valence-electron chi connectivity index (χ1n) is 7.95. The summed E-state index contributed by atoms with van der Waals surface area (Å²) in [7, 11) is 0. The molecule has 2 rings (SSSR count). The number of morpholine rings is 1. The van der Waals surface area contributed by atoms with E-state index in [4.69, 9.17) is 9.47 Å². The third kappa shape index (κ3) is 5.03. The predicted octanol–water partition coefficient (Wildman–Crippen LogP) is -0.198. The number of carbonyl (C=O) groups is 2. The molecule has 0 radical (unpaired) electrons. The number of hydrogen-bond donors (Lipinski definition) is 1. The van der Waals surface area contributed by atoms with Gasteiger partial charge in [-0.3, -0.25) is 4.90 Å². The minimum atomic E-state index is -0.296. The average Bonchev–Trinajstić information content (AvgIpc) is 2.56. The van der Waals surface area contributed by atoms with Crippen molar-refractivity contribution in [3.8, 4) is 0 Å². The molecule has 0 spiro atoms. The van der Waals surface area contributed by atoms with Gasteiger partial charge >= 0.3 is 12.1 Å². The lowest BCUT2D eigenvalue weighted by Crippen LogP contribution is -2.54. The van der Waals surface area contributed by atoms with Gasteiger partial charge < -0.3 is 24.6 Å². The first-order chi connectivity index (χ1) is 10.7. The van der Waals surface area contributed by atoms with Gasteiger partial charge in [0.25, 0.3) is 0 Å². The summed E-state index contributed by atoms with van der Waals surface area (Å²) < 4.78 is 10.3. The fourth-order valence-corrected chi connectivity index (χ4v) is 2.56. The van der Waals surface area contributed by atoms with E-state index in [0.717, 1.165) is 32.8 Å². The van der Waals surface area contributed by atoms with Crippen molar-refractivity contribution in [1.82, 2.24) is 20.0 Å². The van der Waals surface area contributed by atoms with Crippen molar-refractivity contribution >= 4 is 12.1 Å². The largest absolute Gasteiger partial charge is 0.450 e. The summed E-state index contributed by atoms with van der Waals surface area (Å²) >= 11 is 0. The molecule has 8 heteroatoms. The second kappa shape index (κ2) is 8.79. The monoisotopic (exact) mass is 314 g/mol. The molecule has 0 bridgehead atoms. The highest BCUT2D eigenvalue weighted by Crippen LogP contribution is 2.04. The van der Waals surface area contributed by atoms with E-state index in [9.17, 15) is 9.59 Å². The van der Waals surface area contributed by atoms with Crippen LogP contribution < -0.4 is 5.32 Å². The van der Waals surface area contributed by atoms with Gasteiger partial charge in [0.1, 0.15) is 0 Å². The van der Waals surface area contributed by atoms with E-state index in [1.165, 1.54) is 0 Å². The zero-order valence-electron chi connectivity index (χ0n) is 13.3. The zero-order valence-corrected chi connectivity index (χ0v) is 13.3. The lowest BCUT2D eigenvalue weighted by atomic mass is 10.3. The van der Waals surface area contributed by atoms with Gasteiger partial charge in [-0.05, 0) is 6.92 Å². The standard InChI is InChI=1S/C14H26N4O4/c1-2-22-14(20)18-7-5-17(6-8-18)13(19)15-3-4-16-9-11-21-12-10-16/h2-12H2,1H3,(H,15,19). The third-order valence-electron chi connectivity index (χ3n) is 3.90. The van der Waals surface area contributed by atoms with Crippen LogP contribution in [0.2, 0.25) is 0 Å². The fourth-order valence-electron chi connectivity index (χ4n) is 2.56. The molecule has 126 valence electrons. The van der Waals surface area contributed by atoms with Crippen molar-refractivity contribution in [2.45, 2.75) is 6.92 Å². The quantitative estimate of drug-likeness (QED) is 0.778. The molecule has 2 aliphatic rings. The van der Waals surface area contributed by atoms with Gasteiger partial charge in [-0.15, -0.1) is 0 Å². The van der Waals surface area contributed by atoms with Crippen LogP contribution in [-0.4, -0.2) is 99.0 Å². The Labute approximate surface area is 131 Å². The summed E-state index contributed by atoms with van der Waals surface area (Å²) in [5, 5.41) is 2.94. The molecular formula is C14H26N4O4. The number of urea groups is 1. The van der Waals surface area contributed by atoms with Crippen molar-refractivity contribution in [2.24, 2.45) is 0 Å². The maximum Gasteiger partial charge on any atom is 0.409 e. The fraction of sp³-hybridized carbons (Fsp3) is 0.857. The van der Waals surface area contributed by atoms with Gasteiger partial charge in [0.15, 0.2) is 0 Å². The Bertz CT molecular complexity index is 366. The lowest BCUT2D eigenvalue weighted by Gasteiger charge is -2.34. The molecule has 0 saturated carbocycles. The first-order valence-corrected chi connectivity index (χ1v) is 7.95. The molecule has 22 heavy (non-hydrogen) atoms. The average molecular weight is 314 g/mol. The van der Waals surface area contributed by atoms with E-state index in [2.05, 4.69) is 10.2 Å². The number of hydrogen-bond acceptors (Lipinski definition) is 5. The van der Waals surface area contributed by atoms with Gasteiger partial charge in [0.2, 0.25) is 0 Å². The molecule has 0 aromatic rings. The number of nitrogens with one attached hydrogen (secondary N) is 1. The lowest BCUT2D eigenvalue weighted by molar-refractivity contribution is 0.0384. The Kier molecular flexibility index (Phi) is 6.73. The molecule has 0 aromatic carbocycles. The summed E-state index contributed by atoms with van der Waals surface area (Å²) in [5.41, 5.74) is 0. The number of carbonyl (C=O) groups excluding carboxylic acids is 2. The Morgan fingerprint density at radius 3 is 2.32 bits per heavy atom. The molecule has 3 amide bonds. The smallest absolute Gasteiger partial charge is 0.409 e. The molecule has 2 saturated heterocycles. The van der Waals surface area contributed by atoms with Crippen molar-refractivity contribution in [3.05, 3.63) is 0 Å². The maximum absolute atomic E-state index is 12.1. The highest BCUT2D eigenvalue weighted by Gasteiger charge is 2.24. The Balaban J connectivity index is 1.61. The van der Waals surface area contributed by atoms with Crippen LogP contribution in [0.4, 0.5) is 9.59 Å². The van der Waals surface area contributed by atoms with E-state index in [-0.39, 0.29) is 12.1 Å². The van der Waals surface area contributed by atoms with Crippen LogP contribution in [0.25, 0.3) is 0 Å². The normalized spacial score (nSPS) is 19.9. The van der Waals surface area contributed by atoms with E-state index in [1.807, 2.05) is 0 Å². The number of rotatable bonds is 4. The van der Waals surface area contributed by atoms with Crippen LogP contribution in [0.15, 0.2) is 0 Å². The van der Waals surface area contributed by atoms with Crippen molar-refractivity contribution in [1.29, 1.82) is 0 Å². The Morgan fingerprint density at radius 2 is 1.68 bits per heavy atom. The molecule has 1 N–H and O–H groups in total. The van der Waals surface area contributed by atoms with E-state index in [0.29, 0.717) is 39.3 Å². The van der Waals surface area contributed by atoms with Crippen molar-refractivity contribution in [2.75, 3.05) is 72.2 Å². The Hall–Kier alpha value is -1.54. The molecule has 8 nitrogen and oxygen atoms in total. The van der Waals surface area contributed by atoms with Gasteiger partial charge in [0, 0.05) is 52.4 Å². The molecular weight excluding hydrogens is 288 g/mol. The summed E-state index contributed by atoms with van der Waals surface area (Å²) in [6.07, 6.45) is -0.296. The summed E-state index contributed by atoms with van der Waals surface area (Å²) in [5.74, 6) is 0. The summed E-state index contributed by atoms with van der Waals surface area (Å²) in [6, 6.07) is -0.0585. The van der Waals surface area contributed by atoms with Crippen LogP contribution >= 0.6 is 0 Å². The minimum absolute atomic E-state index is 0.0585. The van der Waals surface area contributed by atoms with Crippen molar-refractivity contribution in [3.63, 3.8) is 0 Å². The van der Waals surface area contributed by atoms with Gasteiger partial charge in [-0.1, -0.05) is 0 Å². The van der Waals surface area contributed by atoms with Crippen LogP contribution in [0.5, 0.6) is 0 Å². The van der Waals surface area contributed by atoms with Crippen LogP contribution in [-0.2, 0) is 9.47 Å². The molecule has 2 aliphatic heterocycles. The van der Waals surface area contributed by atoms with E-state index >= 15 is 0 Å². The van der Waals surface area contributed by atoms with Gasteiger partial charge in [-0.25, -0.2) is 9.59 Å². The molecule has 2 fully saturated rings. The van der Waals surface area contributed by atoms with Gasteiger partial charge in [0.05, 0.1) is 19.8 Å². The summed E-state index contributed by atoms with van der Waals surface area (Å²) in [4.78, 5) is 29.3. The van der Waals surface area contributed by atoms with Gasteiger partial charge in [-0.2, -0.15) is 0 Å². The number of ether oxygens (including phenoxy) is 2. The van der Waals surface area contributed by atoms with E-state index < -0.39 is 0 Å². The molecule has 0 aromatic heterocycles. The second-order valence-corrected chi connectivity index (χ2v) is 5.36. The second-order valence-electron chi connectivity index (χ2n) is 5.36. The van der Waals surface area contributed by atoms with E-state index in [1.54, 1.807) is 16.7 Å². The molecule has 0 atom stereocenters. The van der Waals surface area contributed by atoms with Crippen molar-refractivity contribution < 1.29 is 19.1 Å². The number of nitrogens with zero attached hydrogens (tertiary/aromatic N) is 3. The first kappa shape index (κ1) is 16.8. The highest BCUT2D eigenvalue weighted by atomic mass is 16.6. The Morgan fingerprint density at radius 1 is 1.05 bits per heavy atom. The molecule has 0 aliphatic carbocycles. The molecule has 2 heterocycles. The molecule has 0 unspecified atom stereocenters. The topological polar surface area (TPSA) is 74.4 Å². The van der Waals surface area contributed by atoms with Crippen LogP contribution in [0.3, 0.4) is 0 Å². The number of piperazine rings is 1. The van der Waals surface area contributed by atoms with Crippen LogP contribution in [0, 0.1) is 0 Å². The highest BCUT2D eigenvalue weighted by molar-refractivity contribution is 5.75.